The Balaban J connectivity index is 1.96. The first-order chi connectivity index (χ1) is 8.25. The molecule has 0 heterocycles. The van der Waals surface area contributed by atoms with Crippen molar-refractivity contribution < 1.29 is 9.84 Å². The first-order valence-electron chi connectivity index (χ1n) is 5.53. The fourth-order valence-corrected chi connectivity index (χ4v) is 1.53. The van der Waals surface area contributed by atoms with Crippen LogP contribution in [0.4, 0.5) is 0 Å². The Morgan fingerprint density at radius 1 is 1.00 bits per heavy atom. The molecule has 2 aromatic carbocycles. The minimum absolute atomic E-state index is 0.549. The molecule has 0 amide bonds. The Morgan fingerprint density at radius 3 is 2.24 bits per heavy atom. The van der Waals surface area contributed by atoms with E-state index < -0.39 is 6.10 Å². The van der Waals surface area contributed by atoms with Crippen LogP contribution < -0.4 is 4.74 Å². The van der Waals surface area contributed by atoms with Gasteiger partial charge < -0.3 is 9.84 Å². The number of rotatable bonds is 4. The van der Waals surface area contributed by atoms with E-state index in [1.165, 1.54) is 0 Å². The molecule has 0 fully saturated rings. The molecule has 0 saturated heterocycles. The molecule has 2 rings (SSSR count). The minimum atomic E-state index is -0.682. The van der Waals surface area contributed by atoms with Crippen molar-refractivity contribution in [1.82, 2.24) is 0 Å². The van der Waals surface area contributed by atoms with E-state index >= 15 is 0 Å². The second-order valence-corrected chi connectivity index (χ2v) is 3.86. The van der Waals surface area contributed by atoms with Gasteiger partial charge in [-0.05, 0) is 30.2 Å². The number of aliphatic hydroxyl groups is 1. The van der Waals surface area contributed by atoms with Crippen molar-refractivity contribution in [2.75, 3.05) is 0 Å². The highest BCUT2D eigenvalue weighted by atomic mass is 16.5. The number of benzene rings is 2. The Kier molecular flexibility index (Phi) is 3.78. The zero-order chi connectivity index (χ0) is 12.1. The molecule has 2 aromatic rings. The summed E-state index contributed by atoms with van der Waals surface area (Å²) >= 11 is 0. The van der Waals surface area contributed by atoms with Crippen LogP contribution in [0.2, 0.25) is 0 Å². The third kappa shape index (κ3) is 3.33. The average Bonchev–Trinajstić information content (AvgIpc) is 2.38. The molecule has 0 aliphatic carbocycles. The summed E-state index contributed by atoms with van der Waals surface area (Å²) in [5, 5.41) is 9.27. The van der Waals surface area contributed by atoms with Gasteiger partial charge in [-0.2, -0.15) is 0 Å². The summed E-state index contributed by atoms with van der Waals surface area (Å²) in [5.74, 6) is 0.790. The van der Waals surface area contributed by atoms with Gasteiger partial charge in [0.25, 0.3) is 0 Å². The third-order valence-corrected chi connectivity index (χ3v) is 2.51. The topological polar surface area (TPSA) is 29.5 Å². The normalized spacial score (nSPS) is 12.1. The summed E-state index contributed by atoms with van der Waals surface area (Å²) in [6.07, 6.45) is -0.682. The maximum atomic E-state index is 9.27. The predicted octanol–water partition coefficient (Wildman–Crippen LogP) is 3.13. The third-order valence-electron chi connectivity index (χ3n) is 2.51. The molecule has 0 aromatic heterocycles. The van der Waals surface area contributed by atoms with Crippen molar-refractivity contribution in [2.24, 2.45) is 0 Å². The van der Waals surface area contributed by atoms with E-state index in [0.717, 1.165) is 16.9 Å². The largest absolute Gasteiger partial charge is 0.489 e. The lowest BCUT2D eigenvalue weighted by Gasteiger charge is -2.08. The highest BCUT2D eigenvalue weighted by Crippen LogP contribution is 2.17. The number of aliphatic hydroxyl groups excluding tert-OH is 1. The summed E-state index contributed by atoms with van der Waals surface area (Å²) < 4.78 is 5.62. The van der Waals surface area contributed by atoms with Gasteiger partial charge in [0.1, 0.15) is 12.4 Å². The Bertz CT molecular complexity index is 446. The lowest BCUT2D eigenvalue weighted by molar-refractivity contribution is 0.226. The van der Waals surface area contributed by atoms with Crippen LogP contribution in [0.25, 0.3) is 0 Å². The molecule has 2 heteroatoms. The van der Waals surface area contributed by atoms with E-state index in [0.29, 0.717) is 6.61 Å². The second kappa shape index (κ2) is 5.51. The van der Waals surface area contributed by atoms with E-state index in [4.69, 9.17) is 4.74 Å². The summed E-state index contributed by atoms with van der Waals surface area (Å²) in [6.45, 7) is 4.10. The van der Waals surface area contributed by atoms with Crippen LogP contribution in [0.1, 0.15) is 17.2 Å². The van der Waals surface area contributed by atoms with Crippen molar-refractivity contribution in [3.8, 4) is 5.75 Å². The maximum Gasteiger partial charge on any atom is 0.119 e. The van der Waals surface area contributed by atoms with Crippen LogP contribution in [0, 0.1) is 6.92 Å². The van der Waals surface area contributed by atoms with Crippen molar-refractivity contribution in [3.05, 3.63) is 72.6 Å². The molecule has 2 nitrogen and oxygen atoms in total. The maximum absolute atomic E-state index is 9.27. The Hall–Kier alpha value is -1.80. The van der Waals surface area contributed by atoms with E-state index in [2.05, 4.69) is 6.92 Å². The summed E-state index contributed by atoms with van der Waals surface area (Å²) in [4.78, 5) is 0. The van der Waals surface area contributed by atoms with Crippen molar-refractivity contribution in [1.29, 1.82) is 0 Å². The monoisotopic (exact) mass is 227 g/mol. The molecular weight excluding hydrogens is 212 g/mol. The second-order valence-electron chi connectivity index (χ2n) is 3.86. The molecule has 1 radical (unpaired) electrons. The minimum Gasteiger partial charge on any atom is -0.489 e. The van der Waals surface area contributed by atoms with E-state index in [1.54, 1.807) is 0 Å². The SMILES string of the molecule is [CH2]C(O)c1ccc(OCc2ccccc2)cc1. The fourth-order valence-electron chi connectivity index (χ4n) is 1.53. The molecule has 17 heavy (non-hydrogen) atoms. The first kappa shape index (κ1) is 11.7. The lowest BCUT2D eigenvalue weighted by atomic mass is 10.1. The molecule has 0 aliphatic rings. The van der Waals surface area contributed by atoms with Gasteiger partial charge in [-0.25, -0.2) is 0 Å². The van der Waals surface area contributed by atoms with Crippen LogP contribution in [-0.2, 0) is 6.61 Å². The van der Waals surface area contributed by atoms with Crippen LogP contribution in [0.15, 0.2) is 54.6 Å². The molecule has 1 atom stereocenters. The van der Waals surface area contributed by atoms with Gasteiger partial charge in [0.15, 0.2) is 0 Å². The van der Waals surface area contributed by atoms with Gasteiger partial charge in [-0.15, -0.1) is 0 Å². The fraction of sp³-hybridized carbons (Fsp3) is 0.133. The van der Waals surface area contributed by atoms with E-state index in [9.17, 15) is 5.11 Å². The van der Waals surface area contributed by atoms with E-state index in [1.807, 2.05) is 54.6 Å². The number of ether oxygens (including phenoxy) is 1. The zero-order valence-electron chi connectivity index (χ0n) is 9.54. The van der Waals surface area contributed by atoms with Crippen molar-refractivity contribution in [2.45, 2.75) is 12.7 Å². The molecule has 0 saturated carbocycles. The van der Waals surface area contributed by atoms with Crippen LogP contribution in [-0.4, -0.2) is 5.11 Å². The van der Waals surface area contributed by atoms with Gasteiger partial charge in [0.2, 0.25) is 0 Å². The molecule has 1 N–H and O–H groups in total. The van der Waals surface area contributed by atoms with Crippen LogP contribution >= 0.6 is 0 Å². The Morgan fingerprint density at radius 2 is 1.65 bits per heavy atom. The molecule has 0 bridgehead atoms. The highest BCUT2D eigenvalue weighted by Gasteiger charge is 2.00. The van der Waals surface area contributed by atoms with Gasteiger partial charge in [0.05, 0.1) is 6.10 Å². The van der Waals surface area contributed by atoms with Crippen LogP contribution in [0.3, 0.4) is 0 Å². The molecular formula is C15H15O2. The van der Waals surface area contributed by atoms with Crippen molar-refractivity contribution in [3.63, 3.8) is 0 Å². The van der Waals surface area contributed by atoms with Crippen molar-refractivity contribution >= 4 is 0 Å². The van der Waals surface area contributed by atoms with Gasteiger partial charge in [0, 0.05) is 0 Å². The van der Waals surface area contributed by atoms with Crippen LogP contribution in [0.5, 0.6) is 5.75 Å². The lowest BCUT2D eigenvalue weighted by Crippen LogP contribution is -1.96. The molecule has 0 aliphatic heterocycles. The smallest absolute Gasteiger partial charge is 0.119 e. The Labute approximate surface area is 101 Å². The molecule has 87 valence electrons. The predicted molar refractivity (Wildman–Crippen MR) is 67.5 cm³/mol. The number of hydrogen-bond acceptors (Lipinski definition) is 2. The van der Waals surface area contributed by atoms with E-state index in [-0.39, 0.29) is 0 Å². The standard InChI is InChI=1S/C15H15O2/c1-12(16)14-7-9-15(10-8-14)17-11-13-5-3-2-4-6-13/h2-10,12,16H,1,11H2. The highest BCUT2D eigenvalue weighted by molar-refractivity contribution is 5.29. The molecule has 1 unspecified atom stereocenters. The number of hydrogen-bond donors (Lipinski definition) is 1. The zero-order valence-corrected chi connectivity index (χ0v) is 9.54. The molecule has 0 spiro atoms. The van der Waals surface area contributed by atoms with Gasteiger partial charge >= 0.3 is 0 Å². The quantitative estimate of drug-likeness (QED) is 0.869. The summed E-state index contributed by atoms with van der Waals surface area (Å²) in [7, 11) is 0. The van der Waals surface area contributed by atoms with Gasteiger partial charge in [-0.3, -0.25) is 0 Å². The first-order valence-corrected chi connectivity index (χ1v) is 5.53. The summed E-state index contributed by atoms with van der Waals surface area (Å²) in [6, 6.07) is 17.3. The van der Waals surface area contributed by atoms with Gasteiger partial charge in [-0.1, -0.05) is 42.5 Å². The summed E-state index contributed by atoms with van der Waals surface area (Å²) in [5.41, 5.74) is 1.92. The average molecular weight is 227 g/mol.